The zero-order valence-electron chi connectivity index (χ0n) is 17.3. The van der Waals surface area contributed by atoms with Gasteiger partial charge < -0.3 is 19.3 Å². The molecule has 2 aliphatic rings. The Morgan fingerprint density at radius 1 is 0.966 bits per heavy atom. The highest BCUT2D eigenvalue weighted by molar-refractivity contribution is 5.44. The molecule has 2 aromatic rings. The summed E-state index contributed by atoms with van der Waals surface area (Å²) in [6.07, 6.45) is -0.491. The van der Waals surface area contributed by atoms with Crippen molar-refractivity contribution in [3.05, 3.63) is 53.1 Å². The van der Waals surface area contributed by atoms with E-state index in [-0.39, 0.29) is 0 Å². The molecule has 0 radical (unpaired) electrons. The summed E-state index contributed by atoms with van der Waals surface area (Å²) < 4.78 is 16.7. The van der Waals surface area contributed by atoms with E-state index >= 15 is 0 Å². The van der Waals surface area contributed by atoms with Crippen LogP contribution in [0.4, 0.5) is 0 Å². The van der Waals surface area contributed by atoms with Crippen molar-refractivity contribution in [2.75, 3.05) is 46.1 Å². The molecule has 1 fully saturated rings. The SMILES string of the molecule is Cc1cccc(C)c1OC[C@H](O)CN1CCN(Cc2ccc3c(c2)OCO3)CC1. The maximum atomic E-state index is 10.4. The number of nitrogens with zero attached hydrogens (tertiary/aromatic N) is 2. The van der Waals surface area contributed by atoms with E-state index in [1.165, 1.54) is 5.56 Å². The van der Waals surface area contributed by atoms with Gasteiger partial charge in [-0.3, -0.25) is 9.80 Å². The highest BCUT2D eigenvalue weighted by Crippen LogP contribution is 2.32. The van der Waals surface area contributed by atoms with Crippen molar-refractivity contribution < 1.29 is 19.3 Å². The monoisotopic (exact) mass is 398 g/mol. The fourth-order valence-electron chi connectivity index (χ4n) is 3.98. The molecular formula is C23H30N2O4. The standard InChI is InChI=1S/C23H30N2O4/c1-17-4-3-5-18(2)23(17)27-15-20(26)14-25-10-8-24(9-11-25)13-19-6-7-21-22(12-19)29-16-28-21/h3-7,12,20,26H,8-11,13-16H2,1-2H3/t20-/m1/s1. The van der Waals surface area contributed by atoms with Gasteiger partial charge in [-0.2, -0.15) is 0 Å². The fourth-order valence-corrected chi connectivity index (χ4v) is 3.98. The van der Waals surface area contributed by atoms with Crippen LogP contribution in [0, 0.1) is 13.8 Å². The Kier molecular flexibility index (Phi) is 6.23. The summed E-state index contributed by atoms with van der Waals surface area (Å²) in [6, 6.07) is 12.3. The van der Waals surface area contributed by atoms with Crippen molar-refractivity contribution in [1.82, 2.24) is 9.80 Å². The van der Waals surface area contributed by atoms with Gasteiger partial charge >= 0.3 is 0 Å². The lowest BCUT2D eigenvalue weighted by Crippen LogP contribution is -2.48. The van der Waals surface area contributed by atoms with Gasteiger partial charge in [0.2, 0.25) is 6.79 Å². The third kappa shape index (κ3) is 5.01. The van der Waals surface area contributed by atoms with E-state index in [0.717, 1.165) is 61.1 Å². The van der Waals surface area contributed by atoms with Gasteiger partial charge in [0.05, 0.1) is 0 Å². The zero-order valence-corrected chi connectivity index (χ0v) is 17.3. The minimum atomic E-state index is -0.491. The Hall–Kier alpha value is -2.28. The third-order valence-electron chi connectivity index (χ3n) is 5.61. The van der Waals surface area contributed by atoms with Gasteiger partial charge in [-0.15, -0.1) is 0 Å². The van der Waals surface area contributed by atoms with Crippen LogP contribution in [0.15, 0.2) is 36.4 Å². The van der Waals surface area contributed by atoms with Crippen molar-refractivity contribution in [3.63, 3.8) is 0 Å². The van der Waals surface area contributed by atoms with Crippen molar-refractivity contribution >= 4 is 0 Å². The maximum absolute atomic E-state index is 10.4. The molecule has 29 heavy (non-hydrogen) atoms. The maximum Gasteiger partial charge on any atom is 0.231 e. The van der Waals surface area contributed by atoms with Gasteiger partial charge in [-0.25, -0.2) is 0 Å². The lowest BCUT2D eigenvalue weighted by molar-refractivity contribution is 0.0443. The lowest BCUT2D eigenvalue weighted by Gasteiger charge is -2.35. The molecule has 4 rings (SSSR count). The molecule has 0 amide bonds. The number of β-amino-alcohol motifs (C(OH)–C–C–N with tert-alkyl or cyclic N) is 1. The first-order valence-corrected chi connectivity index (χ1v) is 10.3. The summed E-state index contributed by atoms with van der Waals surface area (Å²) in [5.41, 5.74) is 3.45. The number of aryl methyl sites for hydroxylation is 2. The number of rotatable bonds is 7. The van der Waals surface area contributed by atoms with Crippen molar-refractivity contribution in [1.29, 1.82) is 0 Å². The van der Waals surface area contributed by atoms with Gasteiger partial charge in [0.15, 0.2) is 11.5 Å². The second-order valence-corrected chi connectivity index (χ2v) is 7.95. The van der Waals surface area contributed by atoms with Crippen LogP contribution in [0.2, 0.25) is 0 Å². The summed E-state index contributed by atoms with van der Waals surface area (Å²) in [7, 11) is 0. The second kappa shape index (κ2) is 9.03. The van der Waals surface area contributed by atoms with Gasteiger partial charge in [0, 0.05) is 39.3 Å². The van der Waals surface area contributed by atoms with Crippen LogP contribution in [0.25, 0.3) is 0 Å². The Bertz CT molecular complexity index is 813. The predicted molar refractivity (Wildman–Crippen MR) is 112 cm³/mol. The number of aliphatic hydroxyl groups excluding tert-OH is 1. The number of hydrogen-bond donors (Lipinski definition) is 1. The smallest absolute Gasteiger partial charge is 0.231 e. The molecule has 1 N–H and O–H groups in total. The van der Waals surface area contributed by atoms with Crippen molar-refractivity contribution in [2.24, 2.45) is 0 Å². The largest absolute Gasteiger partial charge is 0.490 e. The van der Waals surface area contributed by atoms with Gasteiger partial charge in [0.25, 0.3) is 0 Å². The number of benzene rings is 2. The molecule has 0 aromatic heterocycles. The second-order valence-electron chi connectivity index (χ2n) is 7.95. The van der Waals surface area contributed by atoms with Gasteiger partial charge in [-0.05, 0) is 42.7 Å². The van der Waals surface area contributed by atoms with E-state index in [1.54, 1.807) is 0 Å². The highest BCUT2D eigenvalue weighted by Gasteiger charge is 2.21. The molecular weight excluding hydrogens is 368 g/mol. The van der Waals surface area contributed by atoms with Crippen LogP contribution in [0.1, 0.15) is 16.7 Å². The van der Waals surface area contributed by atoms with Gasteiger partial charge in [-0.1, -0.05) is 24.3 Å². The number of hydrogen-bond acceptors (Lipinski definition) is 6. The molecule has 0 saturated carbocycles. The zero-order chi connectivity index (χ0) is 20.2. The molecule has 6 nitrogen and oxygen atoms in total. The van der Waals surface area contributed by atoms with Crippen molar-refractivity contribution in [2.45, 2.75) is 26.5 Å². The number of ether oxygens (including phenoxy) is 3. The molecule has 2 heterocycles. The lowest BCUT2D eigenvalue weighted by atomic mass is 10.1. The predicted octanol–water partition coefficient (Wildman–Crippen LogP) is 2.59. The fraction of sp³-hybridized carbons (Fsp3) is 0.478. The summed E-state index contributed by atoms with van der Waals surface area (Å²) in [4.78, 5) is 4.75. The minimum absolute atomic E-state index is 0.312. The van der Waals surface area contributed by atoms with Gasteiger partial charge in [0.1, 0.15) is 18.5 Å². The molecule has 0 unspecified atom stereocenters. The number of piperazine rings is 1. The van der Waals surface area contributed by atoms with E-state index < -0.39 is 6.10 Å². The van der Waals surface area contributed by atoms with Crippen LogP contribution in [0.5, 0.6) is 17.2 Å². The molecule has 1 saturated heterocycles. The minimum Gasteiger partial charge on any atom is -0.490 e. The van der Waals surface area contributed by atoms with Crippen LogP contribution in [0.3, 0.4) is 0 Å². The summed E-state index contributed by atoms with van der Waals surface area (Å²) in [5, 5.41) is 10.4. The topological polar surface area (TPSA) is 54.4 Å². The Morgan fingerprint density at radius 2 is 1.66 bits per heavy atom. The summed E-state index contributed by atoms with van der Waals surface area (Å²) in [6.45, 7) is 10.1. The molecule has 1 atom stereocenters. The molecule has 0 spiro atoms. The average molecular weight is 399 g/mol. The molecule has 6 heteroatoms. The average Bonchev–Trinajstić information content (AvgIpc) is 3.17. The molecule has 2 aromatic carbocycles. The van der Waals surface area contributed by atoms with E-state index in [2.05, 4.69) is 21.9 Å². The molecule has 2 aliphatic heterocycles. The number of para-hydroxylation sites is 1. The highest BCUT2D eigenvalue weighted by atomic mass is 16.7. The summed E-state index contributed by atoms with van der Waals surface area (Å²) in [5.74, 6) is 2.56. The summed E-state index contributed by atoms with van der Waals surface area (Å²) >= 11 is 0. The first kappa shape index (κ1) is 20.0. The molecule has 0 bridgehead atoms. The molecule has 156 valence electrons. The van der Waals surface area contributed by atoms with Crippen LogP contribution < -0.4 is 14.2 Å². The van der Waals surface area contributed by atoms with E-state index in [9.17, 15) is 5.11 Å². The molecule has 0 aliphatic carbocycles. The quantitative estimate of drug-likeness (QED) is 0.774. The van der Waals surface area contributed by atoms with Crippen LogP contribution in [-0.2, 0) is 6.54 Å². The van der Waals surface area contributed by atoms with Crippen LogP contribution >= 0.6 is 0 Å². The number of aliphatic hydroxyl groups is 1. The Morgan fingerprint density at radius 3 is 2.41 bits per heavy atom. The van der Waals surface area contributed by atoms with E-state index in [1.807, 2.05) is 38.1 Å². The van der Waals surface area contributed by atoms with E-state index in [4.69, 9.17) is 14.2 Å². The van der Waals surface area contributed by atoms with E-state index in [0.29, 0.717) is 19.9 Å². The Balaban J connectivity index is 1.20. The Labute approximate surface area is 172 Å². The third-order valence-corrected chi connectivity index (χ3v) is 5.61. The first-order valence-electron chi connectivity index (χ1n) is 10.3. The van der Waals surface area contributed by atoms with Crippen LogP contribution in [-0.4, -0.2) is 67.1 Å². The first-order chi connectivity index (χ1) is 14.1. The van der Waals surface area contributed by atoms with Crippen molar-refractivity contribution in [3.8, 4) is 17.2 Å². The normalized spacial score (nSPS) is 18.0. The number of fused-ring (bicyclic) bond motifs is 1.